The third-order valence-corrected chi connectivity index (χ3v) is 3.25. The Kier molecular flexibility index (Phi) is 4.67. The average Bonchev–Trinajstić information content (AvgIpc) is 2.65. The van der Waals surface area contributed by atoms with Crippen molar-refractivity contribution in [3.05, 3.63) is 78.1 Å². The van der Waals surface area contributed by atoms with Crippen molar-refractivity contribution in [1.82, 2.24) is 9.97 Å². The topological polar surface area (TPSA) is 64.1 Å². The zero-order valence-electron chi connectivity index (χ0n) is 12.9. The molecule has 0 aliphatic carbocycles. The number of amides is 1. The van der Waals surface area contributed by atoms with E-state index in [2.05, 4.69) is 21.2 Å². The monoisotopic (exact) mass is 333 g/mol. The fraction of sp³-hybridized carbons (Fsp3) is 0. The van der Waals surface area contributed by atoms with E-state index in [0.717, 1.165) is 0 Å². The van der Waals surface area contributed by atoms with Crippen molar-refractivity contribution in [3.63, 3.8) is 0 Å². The van der Waals surface area contributed by atoms with Gasteiger partial charge in [0.1, 0.15) is 6.33 Å². The predicted molar refractivity (Wildman–Crippen MR) is 90.8 cm³/mol. The highest BCUT2D eigenvalue weighted by atomic mass is 19.1. The van der Waals surface area contributed by atoms with E-state index in [9.17, 15) is 9.18 Å². The molecule has 1 N–H and O–H groups in total. The standard InChI is InChI=1S/C19H12FN3O2/c1-2-13-4-3-5-14(8-13)19(24)23-15-6-7-17(20)18(9-15)25-16-10-21-12-22-11-16/h1,3-12H,(H,23,24). The number of rotatable bonds is 4. The molecule has 1 aromatic heterocycles. The summed E-state index contributed by atoms with van der Waals surface area (Å²) in [6, 6.07) is 10.7. The molecule has 0 bridgehead atoms. The van der Waals surface area contributed by atoms with Gasteiger partial charge in [-0.2, -0.15) is 0 Å². The number of anilines is 1. The second-order valence-electron chi connectivity index (χ2n) is 5.00. The van der Waals surface area contributed by atoms with Gasteiger partial charge in [-0.05, 0) is 30.3 Å². The van der Waals surface area contributed by atoms with Crippen LogP contribution in [0.1, 0.15) is 15.9 Å². The summed E-state index contributed by atoms with van der Waals surface area (Å²) in [5.74, 6) is 1.77. The van der Waals surface area contributed by atoms with E-state index in [1.54, 1.807) is 24.3 Å². The molecule has 0 spiro atoms. The molecule has 3 rings (SSSR count). The molecule has 2 aromatic carbocycles. The smallest absolute Gasteiger partial charge is 0.255 e. The molecule has 0 fully saturated rings. The normalized spacial score (nSPS) is 9.92. The maximum atomic E-state index is 13.9. The van der Waals surface area contributed by atoms with Gasteiger partial charge in [0.2, 0.25) is 0 Å². The van der Waals surface area contributed by atoms with Crippen molar-refractivity contribution in [3.8, 4) is 23.8 Å². The highest BCUT2D eigenvalue weighted by molar-refractivity contribution is 6.04. The van der Waals surface area contributed by atoms with Gasteiger partial charge in [0.05, 0.1) is 12.4 Å². The van der Waals surface area contributed by atoms with Crippen LogP contribution in [0.4, 0.5) is 10.1 Å². The highest BCUT2D eigenvalue weighted by Gasteiger charge is 2.10. The molecule has 25 heavy (non-hydrogen) atoms. The fourth-order valence-corrected chi connectivity index (χ4v) is 2.08. The number of terminal acetylenes is 1. The predicted octanol–water partition coefficient (Wildman–Crippen LogP) is 3.64. The molecule has 6 heteroatoms. The number of nitrogens with zero attached hydrogens (tertiary/aromatic N) is 2. The fourth-order valence-electron chi connectivity index (χ4n) is 2.08. The number of carbonyl (C=O) groups is 1. The molecule has 0 atom stereocenters. The number of aromatic nitrogens is 2. The Bertz CT molecular complexity index is 952. The Hall–Kier alpha value is -3.72. The highest BCUT2D eigenvalue weighted by Crippen LogP contribution is 2.26. The number of carbonyl (C=O) groups excluding carboxylic acids is 1. The molecule has 0 radical (unpaired) electrons. The summed E-state index contributed by atoms with van der Waals surface area (Å²) in [6.07, 6.45) is 9.48. The summed E-state index contributed by atoms with van der Waals surface area (Å²) in [4.78, 5) is 19.9. The zero-order valence-corrected chi connectivity index (χ0v) is 12.9. The molecule has 1 amide bonds. The Balaban J connectivity index is 1.80. The van der Waals surface area contributed by atoms with Crippen molar-refractivity contribution in [2.24, 2.45) is 0 Å². The number of benzene rings is 2. The molecule has 0 aliphatic rings. The first kappa shape index (κ1) is 16.1. The van der Waals surface area contributed by atoms with Gasteiger partial charge >= 0.3 is 0 Å². The third kappa shape index (κ3) is 3.98. The van der Waals surface area contributed by atoms with Crippen LogP contribution in [0, 0.1) is 18.2 Å². The molecule has 3 aromatic rings. The second-order valence-corrected chi connectivity index (χ2v) is 5.00. The van der Waals surface area contributed by atoms with Crippen molar-refractivity contribution in [2.45, 2.75) is 0 Å². The van der Waals surface area contributed by atoms with E-state index in [1.165, 1.54) is 36.9 Å². The van der Waals surface area contributed by atoms with Gasteiger partial charge in [0, 0.05) is 22.9 Å². The number of hydrogen-bond donors (Lipinski definition) is 1. The summed E-state index contributed by atoms with van der Waals surface area (Å²) < 4.78 is 19.3. The molecule has 0 unspecified atom stereocenters. The Morgan fingerprint density at radius 2 is 1.96 bits per heavy atom. The van der Waals surface area contributed by atoms with Gasteiger partial charge in [-0.1, -0.05) is 12.0 Å². The third-order valence-electron chi connectivity index (χ3n) is 3.25. The summed E-state index contributed by atoms with van der Waals surface area (Å²) in [6.45, 7) is 0. The van der Waals surface area contributed by atoms with Crippen LogP contribution >= 0.6 is 0 Å². The lowest BCUT2D eigenvalue weighted by molar-refractivity contribution is 0.102. The quantitative estimate of drug-likeness (QED) is 0.740. The number of halogens is 1. The van der Waals surface area contributed by atoms with Crippen molar-refractivity contribution >= 4 is 11.6 Å². The van der Waals surface area contributed by atoms with E-state index in [1.807, 2.05) is 0 Å². The minimum absolute atomic E-state index is 0.0509. The van der Waals surface area contributed by atoms with Gasteiger partial charge in [0.25, 0.3) is 5.91 Å². The van der Waals surface area contributed by atoms with Crippen LogP contribution < -0.4 is 10.1 Å². The SMILES string of the molecule is C#Cc1cccc(C(=O)Nc2ccc(F)c(Oc3cncnc3)c2)c1. The molecule has 0 saturated heterocycles. The molecule has 122 valence electrons. The number of nitrogens with one attached hydrogen (secondary N) is 1. The van der Waals surface area contributed by atoms with Gasteiger partial charge in [-0.25, -0.2) is 14.4 Å². The van der Waals surface area contributed by atoms with Gasteiger partial charge in [-0.3, -0.25) is 4.79 Å². The van der Waals surface area contributed by atoms with Crippen molar-refractivity contribution < 1.29 is 13.9 Å². The minimum atomic E-state index is -0.573. The van der Waals surface area contributed by atoms with Gasteiger partial charge < -0.3 is 10.1 Å². The molecular formula is C19H12FN3O2. The van der Waals surface area contributed by atoms with Crippen LogP contribution in [0.3, 0.4) is 0 Å². The maximum Gasteiger partial charge on any atom is 0.255 e. The lowest BCUT2D eigenvalue weighted by atomic mass is 10.1. The first-order chi connectivity index (χ1) is 12.2. The van der Waals surface area contributed by atoms with Crippen LogP contribution in [0.15, 0.2) is 61.2 Å². The Morgan fingerprint density at radius 1 is 1.16 bits per heavy atom. The first-order valence-electron chi connectivity index (χ1n) is 7.26. The average molecular weight is 333 g/mol. The van der Waals surface area contributed by atoms with Gasteiger partial charge in [0.15, 0.2) is 17.3 Å². The molecule has 1 heterocycles. The van der Waals surface area contributed by atoms with E-state index in [0.29, 0.717) is 16.8 Å². The summed E-state index contributed by atoms with van der Waals surface area (Å²) >= 11 is 0. The molecule has 0 saturated carbocycles. The first-order valence-corrected chi connectivity index (χ1v) is 7.26. The van der Waals surface area contributed by atoms with Crippen LogP contribution in [0.25, 0.3) is 0 Å². The number of hydrogen-bond acceptors (Lipinski definition) is 4. The van der Waals surface area contributed by atoms with E-state index >= 15 is 0 Å². The summed E-state index contributed by atoms with van der Waals surface area (Å²) in [5.41, 5.74) is 1.38. The van der Waals surface area contributed by atoms with Gasteiger partial charge in [-0.15, -0.1) is 6.42 Å². The largest absolute Gasteiger partial charge is 0.451 e. The van der Waals surface area contributed by atoms with Crippen LogP contribution in [0.2, 0.25) is 0 Å². The minimum Gasteiger partial charge on any atom is -0.451 e. The van der Waals surface area contributed by atoms with Crippen LogP contribution in [-0.4, -0.2) is 15.9 Å². The van der Waals surface area contributed by atoms with Crippen LogP contribution in [-0.2, 0) is 0 Å². The maximum absolute atomic E-state index is 13.9. The molecular weight excluding hydrogens is 321 g/mol. The summed E-state index contributed by atoms with van der Waals surface area (Å²) in [5, 5.41) is 2.68. The van der Waals surface area contributed by atoms with Crippen molar-refractivity contribution in [1.29, 1.82) is 0 Å². The molecule has 0 aliphatic heterocycles. The molecule has 5 nitrogen and oxygen atoms in total. The Morgan fingerprint density at radius 3 is 2.72 bits per heavy atom. The Labute approximate surface area is 143 Å². The van der Waals surface area contributed by atoms with E-state index in [4.69, 9.17) is 11.2 Å². The number of ether oxygens (including phenoxy) is 1. The van der Waals surface area contributed by atoms with Crippen LogP contribution in [0.5, 0.6) is 11.5 Å². The lowest BCUT2D eigenvalue weighted by Gasteiger charge is -2.10. The lowest BCUT2D eigenvalue weighted by Crippen LogP contribution is -2.12. The zero-order chi connectivity index (χ0) is 17.6. The van der Waals surface area contributed by atoms with E-state index < -0.39 is 5.82 Å². The van der Waals surface area contributed by atoms with E-state index in [-0.39, 0.29) is 17.4 Å². The van der Waals surface area contributed by atoms with Crippen molar-refractivity contribution in [2.75, 3.05) is 5.32 Å². The summed E-state index contributed by atoms with van der Waals surface area (Å²) in [7, 11) is 0. The second kappa shape index (κ2) is 7.23.